The van der Waals surface area contributed by atoms with Crippen LogP contribution in [0.5, 0.6) is 0 Å². The Morgan fingerprint density at radius 3 is 2.65 bits per heavy atom. The van der Waals surface area contributed by atoms with Crippen LogP contribution in [0.4, 0.5) is 0 Å². The van der Waals surface area contributed by atoms with Crippen LogP contribution in [0.2, 0.25) is 0 Å². The summed E-state index contributed by atoms with van der Waals surface area (Å²) in [6, 6.07) is 5.30. The second kappa shape index (κ2) is 6.66. The van der Waals surface area contributed by atoms with Crippen molar-refractivity contribution >= 4 is 17.2 Å². The molecule has 1 aliphatic heterocycles. The summed E-state index contributed by atoms with van der Waals surface area (Å²) in [5, 5.41) is 6.26. The molecule has 0 aromatic carbocycles. The van der Waals surface area contributed by atoms with E-state index in [1.807, 2.05) is 30.2 Å². The first kappa shape index (κ1) is 15.9. The molecule has 0 bridgehead atoms. The number of carbonyl (C=O) groups excluding carboxylic acids is 1. The molecule has 5 nitrogen and oxygen atoms in total. The van der Waals surface area contributed by atoms with Crippen molar-refractivity contribution in [1.29, 1.82) is 0 Å². The van der Waals surface area contributed by atoms with Crippen molar-refractivity contribution in [2.24, 2.45) is 5.92 Å². The van der Waals surface area contributed by atoms with Crippen molar-refractivity contribution < 1.29 is 4.79 Å². The van der Waals surface area contributed by atoms with E-state index in [0.29, 0.717) is 12.5 Å². The topological polar surface area (TPSA) is 55.2 Å². The third-order valence-electron chi connectivity index (χ3n) is 4.39. The molecule has 1 aliphatic rings. The number of amides is 1. The van der Waals surface area contributed by atoms with E-state index in [9.17, 15) is 9.59 Å². The number of thiophene rings is 1. The number of rotatable bonds is 3. The molecule has 2 aromatic rings. The number of nitrogens with zero attached hydrogens (tertiary/aromatic N) is 3. The summed E-state index contributed by atoms with van der Waals surface area (Å²) >= 11 is 1.51. The van der Waals surface area contributed by atoms with Gasteiger partial charge in [-0.3, -0.25) is 9.59 Å². The normalized spacial score (nSPS) is 15.8. The van der Waals surface area contributed by atoms with Crippen LogP contribution >= 0.6 is 11.3 Å². The molecule has 3 rings (SSSR count). The summed E-state index contributed by atoms with van der Waals surface area (Å²) in [5.74, 6) is 0.539. The Morgan fingerprint density at radius 2 is 2.00 bits per heavy atom. The fourth-order valence-corrected chi connectivity index (χ4v) is 3.87. The highest BCUT2D eigenvalue weighted by molar-refractivity contribution is 7.12. The van der Waals surface area contributed by atoms with Gasteiger partial charge >= 0.3 is 0 Å². The summed E-state index contributed by atoms with van der Waals surface area (Å²) in [5.41, 5.74) is 1.85. The van der Waals surface area contributed by atoms with E-state index in [1.54, 1.807) is 16.8 Å². The minimum Gasteiger partial charge on any atom is -0.338 e. The van der Waals surface area contributed by atoms with Gasteiger partial charge in [-0.1, -0.05) is 0 Å². The smallest absolute Gasteiger partial charge is 0.266 e. The van der Waals surface area contributed by atoms with E-state index in [-0.39, 0.29) is 11.5 Å². The second-order valence-electron chi connectivity index (χ2n) is 6.16. The SMILES string of the molecule is Cc1ccc(=O)n(CC2CCN(C(=O)c3sccc3C)CC2)n1. The van der Waals surface area contributed by atoms with Gasteiger partial charge in [-0.05, 0) is 55.7 Å². The van der Waals surface area contributed by atoms with Crippen LogP contribution in [0.3, 0.4) is 0 Å². The molecule has 0 N–H and O–H groups in total. The van der Waals surface area contributed by atoms with E-state index in [1.165, 1.54) is 11.3 Å². The lowest BCUT2D eigenvalue weighted by Crippen LogP contribution is -2.40. The van der Waals surface area contributed by atoms with Crippen molar-refractivity contribution in [1.82, 2.24) is 14.7 Å². The first-order valence-electron chi connectivity index (χ1n) is 7.93. The van der Waals surface area contributed by atoms with Gasteiger partial charge in [0.25, 0.3) is 11.5 Å². The van der Waals surface area contributed by atoms with Crippen LogP contribution in [0, 0.1) is 19.8 Å². The summed E-state index contributed by atoms with van der Waals surface area (Å²) in [4.78, 5) is 27.1. The molecule has 0 atom stereocenters. The van der Waals surface area contributed by atoms with Gasteiger partial charge in [0.15, 0.2) is 0 Å². The van der Waals surface area contributed by atoms with Crippen LogP contribution in [-0.4, -0.2) is 33.7 Å². The quantitative estimate of drug-likeness (QED) is 0.868. The summed E-state index contributed by atoms with van der Waals surface area (Å²) < 4.78 is 1.56. The first-order valence-corrected chi connectivity index (χ1v) is 8.80. The van der Waals surface area contributed by atoms with E-state index < -0.39 is 0 Å². The molecular formula is C17H21N3O2S. The van der Waals surface area contributed by atoms with Crippen LogP contribution in [0.1, 0.15) is 33.8 Å². The van der Waals surface area contributed by atoms with E-state index in [0.717, 1.165) is 42.1 Å². The van der Waals surface area contributed by atoms with Crippen LogP contribution in [0.15, 0.2) is 28.4 Å². The molecule has 3 heterocycles. The van der Waals surface area contributed by atoms with E-state index in [4.69, 9.17) is 0 Å². The molecule has 1 saturated heterocycles. The average molecular weight is 331 g/mol. The molecule has 1 fully saturated rings. The Kier molecular flexibility index (Phi) is 4.61. The molecule has 0 unspecified atom stereocenters. The van der Waals surface area contributed by atoms with Crippen molar-refractivity contribution in [2.75, 3.05) is 13.1 Å². The van der Waals surface area contributed by atoms with Gasteiger partial charge in [0.1, 0.15) is 0 Å². The predicted molar refractivity (Wildman–Crippen MR) is 90.9 cm³/mol. The van der Waals surface area contributed by atoms with Crippen molar-refractivity contribution in [3.63, 3.8) is 0 Å². The fraction of sp³-hybridized carbons (Fsp3) is 0.471. The minimum absolute atomic E-state index is 0.0525. The molecule has 6 heteroatoms. The maximum Gasteiger partial charge on any atom is 0.266 e. The monoisotopic (exact) mass is 331 g/mol. The predicted octanol–water partition coefficient (Wildman–Crippen LogP) is 2.47. The molecule has 122 valence electrons. The van der Waals surface area contributed by atoms with Crippen LogP contribution < -0.4 is 5.56 Å². The lowest BCUT2D eigenvalue weighted by Gasteiger charge is -2.32. The van der Waals surface area contributed by atoms with Gasteiger partial charge < -0.3 is 4.90 Å². The lowest BCUT2D eigenvalue weighted by molar-refractivity contribution is 0.0684. The standard InChI is InChI=1S/C17H21N3O2S/c1-12-7-10-23-16(12)17(22)19-8-5-14(6-9-19)11-20-15(21)4-3-13(2)18-20/h3-4,7,10,14H,5-6,8-9,11H2,1-2H3. The van der Waals surface area contributed by atoms with Gasteiger partial charge in [-0.2, -0.15) is 5.10 Å². The van der Waals surface area contributed by atoms with Crippen molar-refractivity contribution in [2.45, 2.75) is 33.2 Å². The summed E-state index contributed by atoms with van der Waals surface area (Å²) in [7, 11) is 0. The Labute approximate surface area is 139 Å². The lowest BCUT2D eigenvalue weighted by atomic mass is 9.96. The number of aromatic nitrogens is 2. The molecule has 23 heavy (non-hydrogen) atoms. The Hall–Kier alpha value is -1.95. The number of aryl methyl sites for hydroxylation is 2. The number of hydrogen-bond donors (Lipinski definition) is 0. The maximum absolute atomic E-state index is 12.5. The Morgan fingerprint density at radius 1 is 1.26 bits per heavy atom. The maximum atomic E-state index is 12.5. The number of hydrogen-bond acceptors (Lipinski definition) is 4. The molecule has 0 aliphatic carbocycles. The third-order valence-corrected chi connectivity index (χ3v) is 5.39. The zero-order valence-corrected chi connectivity index (χ0v) is 14.3. The largest absolute Gasteiger partial charge is 0.338 e. The van der Waals surface area contributed by atoms with E-state index >= 15 is 0 Å². The van der Waals surface area contributed by atoms with Gasteiger partial charge in [-0.25, -0.2) is 4.68 Å². The number of likely N-dealkylation sites (tertiary alicyclic amines) is 1. The zero-order valence-electron chi connectivity index (χ0n) is 13.5. The molecule has 2 aromatic heterocycles. The Bertz CT molecular complexity index is 757. The average Bonchev–Trinajstić information content (AvgIpc) is 2.97. The summed E-state index contributed by atoms with van der Waals surface area (Å²) in [6.45, 7) is 6.01. The highest BCUT2D eigenvalue weighted by Crippen LogP contribution is 2.23. The van der Waals surface area contributed by atoms with Crippen LogP contribution in [-0.2, 0) is 6.54 Å². The molecule has 0 spiro atoms. The zero-order chi connectivity index (χ0) is 16.4. The second-order valence-corrected chi connectivity index (χ2v) is 7.08. The summed E-state index contributed by atoms with van der Waals surface area (Å²) in [6.07, 6.45) is 1.83. The van der Waals surface area contributed by atoms with Gasteiger partial charge in [0.05, 0.1) is 10.6 Å². The fourth-order valence-electron chi connectivity index (χ4n) is 2.98. The third kappa shape index (κ3) is 3.52. The molecular weight excluding hydrogens is 310 g/mol. The van der Waals surface area contributed by atoms with Crippen molar-refractivity contribution in [3.05, 3.63) is 50.1 Å². The van der Waals surface area contributed by atoms with E-state index in [2.05, 4.69) is 5.10 Å². The minimum atomic E-state index is -0.0525. The first-order chi connectivity index (χ1) is 11.0. The highest BCUT2D eigenvalue weighted by atomic mass is 32.1. The highest BCUT2D eigenvalue weighted by Gasteiger charge is 2.25. The molecule has 0 saturated carbocycles. The Balaban J connectivity index is 1.60. The van der Waals surface area contributed by atoms with Crippen LogP contribution in [0.25, 0.3) is 0 Å². The van der Waals surface area contributed by atoms with Gasteiger partial charge in [0.2, 0.25) is 0 Å². The van der Waals surface area contributed by atoms with Crippen molar-refractivity contribution in [3.8, 4) is 0 Å². The van der Waals surface area contributed by atoms with Gasteiger partial charge in [-0.15, -0.1) is 11.3 Å². The molecule has 0 radical (unpaired) electrons. The number of piperidine rings is 1. The number of carbonyl (C=O) groups is 1. The molecule has 1 amide bonds. The van der Waals surface area contributed by atoms with Gasteiger partial charge in [0, 0.05) is 25.7 Å².